The van der Waals surface area contributed by atoms with Crippen molar-refractivity contribution in [3.8, 4) is 0 Å². The molecule has 1 aliphatic heterocycles. The smallest absolute Gasteiger partial charge is 0.0696 e. The van der Waals surface area contributed by atoms with Crippen molar-refractivity contribution in [2.24, 2.45) is 0 Å². The summed E-state index contributed by atoms with van der Waals surface area (Å²) < 4.78 is 5.31. The molecular weight excluding hydrogens is 126 g/mol. The van der Waals surface area contributed by atoms with Gasteiger partial charge in [-0.3, -0.25) is 0 Å². The molecule has 1 aliphatic rings. The molecule has 0 fully saturated rings. The van der Waals surface area contributed by atoms with Crippen molar-refractivity contribution in [3.05, 3.63) is 11.3 Å². The van der Waals surface area contributed by atoms with E-state index < -0.39 is 0 Å². The predicted molar refractivity (Wildman–Crippen MR) is 41.8 cm³/mol. The molecule has 0 aromatic carbocycles. The van der Waals surface area contributed by atoms with Crippen LogP contribution >= 0.6 is 0 Å². The van der Waals surface area contributed by atoms with Crippen LogP contribution < -0.4 is 5.32 Å². The Morgan fingerprint density at radius 1 is 1.60 bits per heavy atom. The Morgan fingerprint density at radius 2 is 2.40 bits per heavy atom. The van der Waals surface area contributed by atoms with Crippen LogP contribution in [0.15, 0.2) is 11.3 Å². The van der Waals surface area contributed by atoms with Gasteiger partial charge in [-0.25, -0.2) is 0 Å². The van der Waals surface area contributed by atoms with Crippen molar-refractivity contribution in [2.45, 2.75) is 19.8 Å². The Kier molecular flexibility index (Phi) is 2.75. The van der Waals surface area contributed by atoms with Gasteiger partial charge in [0.15, 0.2) is 0 Å². The maximum absolute atomic E-state index is 5.31. The zero-order valence-electron chi connectivity index (χ0n) is 6.74. The van der Waals surface area contributed by atoms with E-state index in [1.54, 1.807) is 0 Å². The monoisotopic (exact) mass is 141 g/mol. The van der Waals surface area contributed by atoms with Gasteiger partial charge in [0.25, 0.3) is 0 Å². The molecule has 0 bridgehead atoms. The van der Waals surface area contributed by atoms with Gasteiger partial charge in [0.1, 0.15) is 0 Å². The molecule has 10 heavy (non-hydrogen) atoms. The standard InChI is InChI=1S/C8H15NO/c1-3-7-6-10-5-4-8(7)9-2/h9H,3-6H2,1-2H3. The summed E-state index contributed by atoms with van der Waals surface area (Å²) in [6.45, 7) is 3.87. The average molecular weight is 141 g/mol. The molecule has 1 rings (SSSR count). The van der Waals surface area contributed by atoms with E-state index in [1.807, 2.05) is 7.05 Å². The van der Waals surface area contributed by atoms with Crippen LogP contribution in [0.3, 0.4) is 0 Å². The summed E-state index contributed by atoms with van der Waals surface area (Å²) in [5, 5.41) is 3.20. The minimum atomic E-state index is 0.826. The van der Waals surface area contributed by atoms with E-state index >= 15 is 0 Å². The van der Waals surface area contributed by atoms with Crippen molar-refractivity contribution >= 4 is 0 Å². The molecule has 0 amide bonds. The molecule has 0 aromatic heterocycles. The number of nitrogens with one attached hydrogen (secondary N) is 1. The molecule has 2 heteroatoms. The van der Waals surface area contributed by atoms with Gasteiger partial charge in [0.2, 0.25) is 0 Å². The average Bonchev–Trinajstić information content (AvgIpc) is 2.04. The van der Waals surface area contributed by atoms with Gasteiger partial charge in [-0.15, -0.1) is 0 Å². The van der Waals surface area contributed by atoms with Crippen LogP contribution in [0, 0.1) is 0 Å². The summed E-state index contributed by atoms with van der Waals surface area (Å²) in [6.07, 6.45) is 2.16. The molecule has 0 unspecified atom stereocenters. The van der Waals surface area contributed by atoms with Crippen molar-refractivity contribution in [2.75, 3.05) is 20.3 Å². The van der Waals surface area contributed by atoms with Crippen LogP contribution in [-0.2, 0) is 4.74 Å². The maximum atomic E-state index is 5.31. The van der Waals surface area contributed by atoms with Crippen molar-refractivity contribution in [3.63, 3.8) is 0 Å². The third-order valence-electron chi connectivity index (χ3n) is 1.93. The Morgan fingerprint density at radius 3 is 2.90 bits per heavy atom. The highest BCUT2D eigenvalue weighted by Crippen LogP contribution is 2.14. The molecule has 2 nitrogen and oxygen atoms in total. The first kappa shape index (κ1) is 7.61. The Bertz CT molecular complexity index is 124. The third kappa shape index (κ3) is 1.51. The van der Waals surface area contributed by atoms with Crippen LogP contribution in [0.2, 0.25) is 0 Å². The lowest BCUT2D eigenvalue weighted by Gasteiger charge is -2.19. The highest BCUT2D eigenvalue weighted by Gasteiger charge is 2.08. The number of hydrogen-bond acceptors (Lipinski definition) is 2. The van der Waals surface area contributed by atoms with Crippen LogP contribution in [-0.4, -0.2) is 20.3 Å². The molecule has 1 heterocycles. The summed E-state index contributed by atoms with van der Waals surface area (Å²) in [5.74, 6) is 0. The number of hydrogen-bond donors (Lipinski definition) is 1. The summed E-state index contributed by atoms with van der Waals surface area (Å²) in [7, 11) is 1.98. The van der Waals surface area contributed by atoms with E-state index in [1.165, 1.54) is 11.3 Å². The van der Waals surface area contributed by atoms with Crippen molar-refractivity contribution in [1.29, 1.82) is 0 Å². The molecule has 0 atom stereocenters. The molecule has 1 N–H and O–H groups in total. The summed E-state index contributed by atoms with van der Waals surface area (Å²) in [5.41, 5.74) is 2.81. The Labute approximate surface area is 62.3 Å². The minimum absolute atomic E-state index is 0.826. The van der Waals surface area contributed by atoms with E-state index in [4.69, 9.17) is 4.74 Å². The zero-order valence-corrected chi connectivity index (χ0v) is 6.74. The lowest BCUT2D eigenvalue weighted by Crippen LogP contribution is -2.19. The highest BCUT2D eigenvalue weighted by molar-refractivity contribution is 5.14. The zero-order chi connectivity index (χ0) is 7.40. The van der Waals surface area contributed by atoms with E-state index in [9.17, 15) is 0 Å². The van der Waals surface area contributed by atoms with Gasteiger partial charge in [-0.2, -0.15) is 0 Å². The van der Waals surface area contributed by atoms with E-state index in [0.717, 1.165) is 26.1 Å². The van der Waals surface area contributed by atoms with Gasteiger partial charge in [0, 0.05) is 19.2 Å². The highest BCUT2D eigenvalue weighted by atomic mass is 16.5. The molecule has 0 saturated heterocycles. The molecular formula is C8H15NO. The van der Waals surface area contributed by atoms with Crippen LogP contribution in [0.1, 0.15) is 19.8 Å². The molecule has 0 aromatic rings. The first-order valence-electron chi connectivity index (χ1n) is 3.85. The van der Waals surface area contributed by atoms with Crippen molar-refractivity contribution < 1.29 is 4.74 Å². The lowest BCUT2D eigenvalue weighted by atomic mass is 10.1. The maximum Gasteiger partial charge on any atom is 0.0696 e. The SMILES string of the molecule is CCC1=C(NC)CCOC1. The fourth-order valence-corrected chi connectivity index (χ4v) is 1.25. The lowest BCUT2D eigenvalue weighted by molar-refractivity contribution is 0.142. The second-order valence-corrected chi connectivity index (χ2v) is 2.49. The Hall–Kier alpha value is -0.500. The largest absolute Gasteiger partial charge is 0.391 e. The molecule has 0 saturated carbocycles. The minimum Gasteiger partial charge on any atom is -0.391 e. The van der Waals surface area contributed by atoms with Gasteiger partial charge < -0.3 is 10.1 Å². The third-order valence-corrected chi connectivity index (χ3v) is 1.93. The van der Waals surface area contributed by atoms with Gasteiger partial charge in [-0.1, -0.05) is 6.92 Å². The normalized spacial score (nSPS) is 19.4. The summed E-state index contributed by atoms with van der Waals surface area (Å²) in [4.78, 5) is 0. The second kappa shape index (κ2) is 3.62. The van der Waals surface area contributed by atoms with Crippen LogP contribution in [0.4, 0.5) is 0 Å². The van der Waals surface area contributed by atoms with Gasteiger partial charge >= 0.3 is 0 Å². The first-order valence-corrected chi connectivity index (χ1v) is 3.85. The number of ether oxygens (including phenoxy) is 1. The van der Waals surface area contributed by atoms with Crippen molar-refractivity contribution in [1.82, 2.24) is 5.32 Å². The quantitative estimate of drug-likeness (QED) is 0.625. The predicted octanol–water partition coefficient (Wildman–Crippen LogP) is 1.29. The van der Waals surface area contributed by atoms with E-state index in [-0.39, 0.29) is 0 Å². The fourth-order valence-electron chi connectivity index (χ4n) is 1.25. The fraction of sp³-hybridized carbons (Fsp3) is 0.750. The topological polar surface area (TPSA) is 21.3 Å². The van der Waals surface area contributed by atoms with Crippen LogP contribution in [0.5, 0.6) is 0 Å². The van der Waals surface area contributed by atoms with Gasteiger partial charge in [-0.05, 0) is 12.0 Å². The van der Waals surface area contributed by atoms with Gasteiger partial charge in [0.05, 0.1) is 13.2 Å². The summed E-state index contributed by atoms with van der Waals surface area (Å²) in [6, 6.07) is 0. The second-order valence-electron chi connectivity index (χ2n) is 2.49. The first-order chi connectivity index (χ1) is 4.88. The summed E-state index contributed by atoms with van der Waals surface area (Å²) >= 11 is 0. The molecule has 0 spiro atoms. The van der Waals surface area contributed by atoms with E-state index in [0.29, 0.717) is 0 Å². The molecule has 58 valence electrons. The number of rotatable bonds is 2. The van der Waals surface area contributed by atoms with Crippen LogP contribution in [0.25, 0.3) is 0 Å². The molecule has 0 radical (unpaired) electrons. The molecule has 0 aliphatic carbocycles. The Balaban J connectivity index is 2.63. The van der Waals surface area contributed by atoms with E-state index in [2.05, 4.69) is 12.2 Å².